The van der Waals surface area contributed by atoms with Crippen molar-refractivity contribution >= 4 is 39.7 Å². The molecular weight excluding hydrogens is 470 g/mol. The van der Waals surface area contributed by atoms with Gasteiger partial charge in [0.25, 0.3) is 11.6 Å². The van der Waals surface area contributed by atoms with Gasteiger partial charge in [-0.15, -0.1) is 0 Å². The van der Waals surface area contributed by atoms with Crippen LogP contribution in [0.15, 0.2) is 85.3 Å². The number of carbonyl (C=O) groups is 1. The van der Waals surface area contributed by atoms with Crippen LogP contribution in [-0.4, -0.2) is 30.6 Å². The molecule has 10 nitrogen and oxygen atoms in total. The Kier molecular flexibility index (Phi) is 7.48. The highest BCUT2D eigenvalue weighted by Crippen LogP contribution is 2.26. The van der Waals surface area contributed by atoms with Gasteiger partial charge < -0.3 is 10.6 Å². The molecule has 0 atom stereocenters. The lowest BCUT2D eigenvalue weighted by atomic mass is 10.1. The van der Waals surface area contributed by atoms with Crippen molar-refractivity contribution in [3.8, 4) is 11.3 Å². The summed E-state index contributed by atoms with van der Waals surface area (Å²) in [5.41, 5.74) is 4.24. The molecule has 1 amide bonds. The number of nitro benzene ring substituents is 1. The van der Waals surface area contributed by atoms with Crippen LogP contribution < -0.4 is 10.6 Å². The second kappa shape index (κ2) is 11.1. The summed E-state index contributed by atoms with van der Waals surface area (Å²) in [6.07, 6.45) is 3.31. The Morgan fingerprint density at radius 1 is 0.946 bits per heavy atom. The Labute approximate surface area is 213 Å². The first-order chi connectivity index (χ1) is 18.0. The topological polar surface area (TPSA) is 128 Å². The summed E-state index contributed by atoms with van der Waals surface area (Å²) in [5.74, 6) is 0.228. The number of hydrogen-bond donors (Lipinski definition) is 2. The Morgan fingerprint density at radius 2 is 1.70 bits per heavy atom. The SMILES string of the molecule is CC.Cn1ncc2ccc(-c3cc(Nc4cccc(NC(=O)c5ccc([N+](=O)[O-])cc5)c4)ncn3)cc21. The van der Waals surface area contributed by atoms with Gasteiger partial charge in [-0.2, -0.15) is 5.10 Å². The third-order valence-electron chi connectivity index (χ3n) is 5.45. The summed E-state index contributed by atoms with van der Waals surface area (Å²) >= 11 is 0. The van der Waals surface area contributed by atoms with Crippen LogP contribution in [0.1, 0.15) is 24.2 Å². The number of aryl methyl sites for hydroxylation is 1. The molecule has 2 heterocycles. The van der Waals surface area contributed by atoms with E-state index >= 15 is 0 Å². The number of nitro groups is 1. The van der Waals surface area contributed by atoms with E-state index < -0.39 is 4.92 Å². The zero-order valence-electron chi connectivity index (χ0n) is 20.5. The van der Waals surface area contributed by atoms with Crippen molar-refractivity contribution in [2.24, 2.45) is 7.05 Å². The van der Waals surface area contributed by atoms with E-state index in [4.69, 9.17) is 0 Å². The lowest BCUT2D eigenvalue weighted by molar-refractivity contribution is -0.384. The number of anilines is 3. The Balaban J connectivity index is 0.00000156. The monoisotopic (exact) mass is 495 g/mol. The van der Waals surface area contributed by atoms with Crippen LogP contribution in [0.4, 0.5) is 22.9 Å². The van der Waals surface area contributed by atoms with Gasteiger partial charge in [0.15, 0.2) is 0 Å². The highest BCUT2D eigenvalue weighted by Gasteiger charge is 2.11. The molecule has 0 fully saturated rings. The van der Waals surface area contributed by atoms with Crippen molar-refractivity contribution < 1.29 is 9.72 Å². The summed E-state index contributed by atoms with van der Waals surface area (Å²) in [4.78, 5) is 31.5. The van der Waals surface area contributed by atoms with Crippen LogP contribution >= 0.6 is 0 Å². The zero-order chi connectivity index (χ0) is 26.4. The van der Waals surface area contributed by atoms with E-state index in [0.717, 1.165) is 27.8 Å². The first-order valence-corrected chi connectivity index (χ1v) is 11.6. The number of amides is 1. The van der Waals surface area contributed by atoms with Gasteiger partial charge in [0.05, 0.1) is 22.3 Å². The van der Waals surface area contributed by atoms with Crippen molar-refractivity contribution in [2.45, 2.75) is 13.8 Å². The molecule has 0 saturated heterocycles. The lowest BCUT2D eigenvalue weighted by Gasteiger charge is -2.10. The minimum atomic E-state index is -0.507. The normalized spacial score (nSPS) is 10.4. The first kappa shape index (κ1) is 25.0. The number of rotatable bonds is 6. The van der Waals surface area contributed by atoms with E-state index in [0.29, 0.717) is 17.1 Å². The smallest absolute Gasteiger partial charge is 0.269 e. The quantitative estimate of drug-likeness (QED) is 0.220. The van der Waals surface area contributed by atoms with Crippen LogP contribution in [0.2, 0.25) is 0 Å². The predicted molar refractivity (Wildman–Crippen MR) is 144 cm³/mol. The first-order valence-electron chi connectivity index (χ1n) is 11.6. The molecule has 0 aliphatic carbocycles. The van der Waals surface area contributed by atoms with Crippen LogP contribution in [0.25, 0.3) is 22.2 Å². The summed E-state index contributed by atoms with van der Waals surface area (Å²) in [5, 5.41) is 22.2. The summed E-state index contributed by atoms with van der Waals surface area (Å²) in [7, 11) is 1.90. The molecular formula is C27H25N7O3. The Bertz CT molecular complexity index is 1560. The van der Waals surface area contributed by atoms with Crippen molar-refractivity contribution in [2.75, 3.05) is 10.6 Å². The molecule has 186 valence electrons. The minimum absolute atomic E-state index is 0.0720. The summed E-state index contributed by atoms with van der Waals surface area (Å²) in [6, 6.07) is 20.5. The van der Waals surface area contributed by atoms with Gasteiger partial charge in [-0.05, 0) is 36.4 Å². The molecule has 2 N–H and O–H groups in total. The van der Waals surface area contributed by atoms with Crippen molar-refractivity contribution in [1.29, 1.82) is 0 Å². The molecule has 0 saturated carbocycles. The van der Waals surface area contributed by atoms with Gasteiger partial charge in [-0.1, -0.05) is 32.0 Å². The maximum Gasteiger partial charge on any atom is 0.269 e. The van der Waals surface area contributed by atoms with Crippen molar-refractivity contribution in [3.63, 3.8) is 0 Å². The van der Waals surface area contributed by atoms with E-state index in [1.807, 2.05) is 62.1 Å². The van der Waals surface area contributed by atoms with Gasteiger partial charge >= 0.3 is 0 Å². The lowest BCUT2D eigenvalue weighted by Crippen LogP contribution is -2.12. The van der Waals surface area contributed by atoms with Gasteiger partial charge in [-0.3, -0.25) is 19.6 Å². The standard InChI is InChI=1S/C25H19N7O3.C2H6/c1-31-23-11-17(5-6-18(23)14-28-31)22-13-24(27-15-26-22)29-19-3-2-4-20(12-19)30-25(33)16-7-9-21(10-8-16)32(34)35;1-2/h2-15H,1H3,(H,30,33)(H,26,27,29);1-2H3. The number of benzene rings is 3. The van der Waals surface area contributed by atoms with Crippen LogP contribution in [0, 0.1) is 10.1 Å². The number of fused-ring (bicyclic) bond motifs is 1. The molecule has 0 aliphatic rings. The number of nitrogens with zero attached hydrogens (tertiary/aromatic N) is 5. The van der Waals surface area contributed by atoms with Gasteiger partial charge in [-0.25, -0.2) is 9.97 Å². The fraction of sp³-hybridized carbons (Fsp3) is 0.111. The van der Waals surface area contributed by atoms with E-state index in [-0.39, 0.29) is 11.6 Å². The van der Waals surface area contributed by atoms with Gasteiger partial charge in [0.1, 0.15) is 12.1 Å². The summed E-state index contributed by atoms with van der Waals surface area (Å²) < 4.78 is 1.82. The third kappa shape index (κ3) is 5.76. The average Bonchev–Trinajstić information content (AvgIpc) is 3.30. The van der Waals surface area contributed by atoms with Gasteiger partial charge in [0, 0.05) is 53.1 Å². The molecule has 0 spiro atoms. The average molecular weight is 496 g/mol. The Morgan fingerprint density at radius 3 is 2.46 bits per heavy atom. The maximum absolute atomic E-state index is 12.5. The van der Waals surface area contributed by atoms with E-state index in [9.17, 15) is 14.9 Å². The highest BCUT2D eigenvalue weighted by molar-refractivity contribution is 6.04. The number of nitrogens with one attached hydrogen (secondary N) is 2. The molecule has 0 unspecified atom stereocenters. The largest absolute Gasteiger partial charge is 0.340 e. The molecule has 0 bridgehead atoms. The minimum Gasteiger partial charge on any atom is -0.340 e. The van der Waals surface area contributed by atoms with Crippen molar-refractivity contribution in [1.82, 2.24) is 19.7 Å². The fourth-order valence-corrected chi connectivity index (χ4v) is 3.65. The van der Waals surface area contributed by atoms with E-state index in [1.165, 1.54) is 30.6 Å². The maximum atomic E-state index is 12.5. The van der Waals surface area contributed by atoms with Crippen LogP contribution in [0.5, 0.6) is 0 Å². The number of non-ortho nitro benzene ring substituents is 1. The van der Waals surface area contributed by atoms with Crippen LogP contribution in [-0.2, 0) is 7.05 Å². The molecule has 2 aromatic heterocycles. The number of aromatic nitrogens is 4. The second-order valence-corrected chi connectivity index (χ2v) is 7.79. The van der Waals surface area contributed by atoms with Gasteiger partial charge in [0.2, 0.25) is 0 Å². The Hall–Kier alpha value is -5.12. The molecule has 37 heavy (non-hydrogen) atoms. The third-order valence-corrected chi connectivity index (χ3v) is 5.45. The molecule has 10 heteroatoms. The second-order valence-electron chi connectivity index (χ2n) is 7.79. The molecule has 3 aromatic carbocycles. The zero-order valence-corrected chi connectivity index (χ0v) is 20.5. The molecule has 5 rings (SSSR count). The van der Waals surface area contributed by atoms with Crippen molar-refractivity contribution in [3.05, 3.63) is 101 Å². The van der Waals surface area contributed by atoms with E-state index in [2.05, 4.69) is 25.7 Å². The number of hydrogen-bond acceptors (Lipinski definition) is 7. The summed E-state index contributed by atoms with van der Waals surface area (Å²) in [6.45, 7) is 4.00. The van der Waals surface area contributed by atoms with Crippen LogP contribution in [0.3, 0.4) is 0 Å². The molecule has 5 aromatic rings. The molecule has 0 aliphatic heterocycles. The predicted octanol–water partition coefficient (Wildman–Crippen LogP) is 5.96. The highest BCUT2D eigenvalue weighted by atomic mass is 16.6. The van der Waals surface area contributed by atoms with E-state index in [1.54, 1.807) is 18.2 Å². The fourth-order valence-electron chi connectivity index (χ4n) is 3.65. The number of carbonyl (C=O) groups excluding carboxylic acids is 1. The molecule has 0 radical (unpaired) electrons.